The third-order valence-electron chi connectivity index (χ3n) is 13.3. The summed E-state index contributed by atoms with van der Waals surface area (Å²) >= 11 is 0. The lowest BCUT2D eigenvalue weighted by atomic mass is 9.33. The molecule has 0 bridgehead atoms. The number of carbonyl (C=O) groups excluding carboxylic acids is 4. The van der Waals surface area contributed by atoms with Crippen LogP contribution in [0.5, 0.6) is 0 Å². The van der Waals surface area contributed by atoms with Crippen LogP contribution in [-0.4, -0.2) is 38.2 Å². The Morgan fingerprint density at radius 3 is 2.33 bits per heavy atom. The van der Waals surface area contributed by atoms with Gasteiger partial charge in [0.1, 0.15) is 12.9 Å². The number of hydrogen-bond donors (Lipinski definition) is 0. The summed E-state index contributed by atoms with van der Waals surface area (Å²) in [7, 11) is 1.47. The van der Waals surface area contributed by atoms with E-state index < -0.39 is 16.2 Å². The van der Waals surface area contributed by atoms with Crippen molar-refractivity contribution in [3.63, 3.8) is 0 Å². The minimum atomic E-state index is -0.751. The van der Waals surface area contributed by atoms with Crippen LogP contribution in [-0.2, 0) is 28.7 Å². The number of hydrogen-bond acceptors (Lipinski definition) is 7. The highest BCUT2D eigenvalue weighted by atomic mass is 16.5. The highest BCUT2D eigenvalue weighted by Crippen LogP contribution is 2.76. The Balaban J connectivity index is 1.78. The normalized spacial score (nSPS) is 42.3. The molecule has 0 heterocycles. The van der Waals surface area contributed by atoms with E-state index in [1.54, 1.807) is 0 Å². The van der Waals surface area contributed by atoms with Crippen LogP contribution in [0.25, 0.3) is 0 Å². The van der Waals surface area contributed by atoms with Gasteiger partial charge in [-0.15, -0.1) is 0 Å². The second-order valence-corrected chi connectivity index (χ2v) is 14.6. The average molecular weight is 554 g/mol. The van der Waals surface area contributed by atoms with E-state index >= 15 is 0 Å². The summed E-state index contributed by atoms with van der Waals surface area (Å²) in [6.07, 6.45) is 7.85. The number of nitrogens with zero attached hydrogens (tertiary/aromatic N) is 1. The molecule has 4 fully saturated rings. The first-order valence-corrected chi connectivity index (χ1v) is 14.9. The first-order valence-electron chi connectivity index (χ1n) is 14.9. The number of rotatable bonds is 9. The fraction of sp³-hybridized carbons (Fsp3) is 0.788. The molecule has 4 aliphatic carbocycles. The smallest absolute Gasteiger partial charge is 0.312 e. The maximum absolute atomic E-state index is 13.4. The lowest BCUT2D eigenvalue weighted by Gasteiger charge is -2.71. The number of allylic oxidation sites excluding steroid dienone is 1. The van der Waals surface area contributed by atoms with Crippen molar-refractivity contribution in [1.29, 1.82) is 5.26 Å². The van der Waals surface area contributed by atoms with Gasteiger partial charge in [-0.1, -0.05) is 41.2 Å². The number of esters is 1. The number of aldehydes is 1. The second kappa shape index (κ2) is 10.4. The van der Waals surface area contributed by atoms with Gasteiger partial charge in [0, 0.05) is 11.8 Å². The van der Waals surface area contributed by atoms with E-state index in [9.17, 15) is 24.4 Å². The largest absolute Gasteiger partial charge is 0.469 e. The molecule has 40 heavy (non-hydrogen) atoms. The van der Waals surface area contributed by atoms with E-state index in [0.717, 1.165) is 57.7 Å². The molecule has 0 unspecified atom stereocenters. The predicted molar refractivity (Wildman–Crippen MR) is 149 cm³/mol. The van der Waals surface area contributed by atoms with Crippen molar-refractivity contribution in [1.82, 2.24) is 0 Å². The third kappa shape index (κ3) is 4.02. The second-order valence-electron chi connectivity index (χ2n) is 14.6. The van der Waals surface area contributed by atoms with Crippen molar-refractivity contribution in [3.8, 4) is 6.07 Å². The first kappa shape index (κ1) is 30.5. The summed E-state index contributed by atoms with van der Waals surface area (Å²) in [4.78, 5) is 49.5. The van der Waals surface area contributed by atoms with Crippen LogP contribution >= 0.6 is 0 Å². The molecule has 0 spiro atoms. The standard InChI is InChI=1S/C33H47NO6/c1-21(18-35)22-10-13-33(28(38)39-7)15-14-31(5)23(27(22)33)8-9-25-30(4,16-17-34)24(11-12-32(25,31)6)29(2,3)26(37)19-40-20-36/h18,20,22-25,27H,1,8-16,19H2,2-7H3/t22-,23+,24-,25+,27+,30-,31+,32+,33-/m0/s1. The monoisotopic (exact) mass is 553 g/mol. The van der Waals surface area contributed by atoms with Crippen LogP contribution in [0.2, 0.25) is 0 Å². The van der Waals surface area contributed by atoms with Gasteiger partial charge in [-0.05, 0) is 103 Å². The SMILES string of the molecule is C=C(C=O)[C@@H]1CC[C@]2(C(=O)OC)CC[C@]3(C)[C@H](CC[C@@H]4[C@@](C)(CC#N)[C@H](C(C)(C)C(=O)COC=O)CC[C@]43C)[C@@H]12. The molecular formula is C33H47NO6. The van der Waals surface area contributed by atoms with Gasteiger partial charge in [0.05, 0.1) is 18.6 Å². The van der Waals surface area contributed by atoms with E-state index in [4.69, 9.17) is 9.47 Å². The lowest BCUT2D eigenvalue weighted by molar-refractivity contribution is -0.229. The number of fused-ring (bicyclic) bond motifs is 5. The molecule has 0 aromatic heterocycles. The van der Waals surface area contributed by atoms with Crippen LogP contribution in [0.15, 0.2) is 12.2 Å². The van der Waals surface area contributed by atoms with Gasteiger partial charge in [0.25, 0.3) is 6.47 Å². The predicted octanol–water partition coefficient (Wildman–Crippen LogP) is 5.86. The molecule has 0 N–H and O–H groups in total. The summed E-state index contributed by atoms with van der Waals surface area (Å²) in [5.74, 6) is 0.114. The van der Waals surface area contributed by atoms with Crippen LogP contribution in [0.1, 0.15) is 92.4 Å². The van der Waals surface area contributed by atoms with Gasteiger partial charge in [-0.25, -0.2) is 0 Å². The molecule has 220 valence electrons. The topological polar surface area (TPSA) is 111 Å². The highest BCUT2D eigenvalue weighted by molar-refractivity contribution is 5.86. The maximum Gasteiger partial charge on any atom is 0.312 e. The molecule has 4 saturated carbocycles. The minimum Gasteiger partial charge on any atom is -0.469 e. The van der Waals surface area contributed by atoms with Crippen molar-refractivity contribution >= 4 is 24.5 Å². The van der Waals surface area contributed by atoms with Crippen molar-refractivity contribution in [2.24, 2.45) is 56.7 Å². The van der Waals surface area contributed by atoms with E-state index in [1.807, 2.05) is 13.8 Å². The van der Waals surface area contributed by atoms with Crippen molar-refractivity contribution in [3.05, 3.63) is 12.2 Å². The first-order chi connectivity index (χ1) is 18.7. The lowest BCUT2D eigenvalue weighted by Crippen LogP contribution is -2.66. The Hall–Kier alpha value is -2.49. The fourth-order valence-corrected chi connectivity index (χ4v) is 11.1. The summed E-state index contributed by atoms with van der Waals surface area (Å²) in [5.41, 5.74) is -1.39. The highest BCUT2D eigenvalue weighted by Gasteiger charge is 2.71. The summed E-state index contributed by atoms with van der Waals surface area (Å²) in [6.45, 7) is 15.1. The molecule has 0 amide bonds. The van der Waals surface area contributed by atoms with Gasteiger partial charge < -0.3 is 9.47 Å². The van der Waals surface area contributed by atoms with Crippen molar-refractivity contribution in [2.75, 3.05) is 13.7 Å². The van der Waals surface area contributed by atoms with Crippen LogP contribution in [0.4, 0.5) is 0 Å². The zero-order chi connectivity index (χ0) is 29.7. The van der Waals surface area contributed by atoms with E-state index in [2.05, 4.69) is 33.4 Å². The van der Waals surface area contributed by atoms with Gasteiger partial charge in [0.15, 0.2) is 5.78 Å². The third-order valence-corrected chi connectivity index (χ3v) is 13.3. The van der Waals surface area contributed by atoms with E-state index in [0.29, 0.717) is 18.5 Å². The molecule has 0 saturated heterocycles. The molecule has 9 atom stereocenters. The molecule has 4 rings (SSSR count). The fourth-order valence-electron chi connectivity index (χ4n) is 11.1. The summed E-state index contributed by atoms with van der Waals surface area (Å²) in [5, 5.41) is 10.1. The number of ether oxygens (including phenoxy) is 2. The average Bonchev–Trinajstić information content (AvgIpc) is 3.32. The maximum atomic E-state index is 13.4. The molecule has 0 radical (unpaired) electrons. The van der Waals surface area contributed by atoms with Gasteiger partial charge >= 0.3 is 5.97 Å². The molecule has 7 nitrogen and oxygen atoms in total. The molecular weight excluding hydrogens is 506 g/mol. The molecule has 7 heteroatoms. The quantitative estimate of drug-likeness (QED) is 0.200. The Labute approximate surface area is 239 Å². The van der Waals surface area contributed by atoms with E-state index in [1.165, 1.54) is 7.11 Å². The number of ketones is 1. The Morgan fingerprint density at radius 1 is 1.02 bits per heavy atom. The zero-order valence-electron chi connectivity index (χ0n) is 25.2. The number of methoxy groups -OCH3 is 1. The Kier molecular flexibility index (Phi) is 7.93. The van der Waals surface area contributed by atoms with Crippen LogP contribution in [0, 0.1) is 68.0 Å². The summed E-state index contributed by atoms with van der Waals surface area (Å²) in [6, 6.07) is 2.48. The van der Waals surface area contributed by atoms with Gasteiger partial charge in [0.2, 0.25) is 0 Å². The zero-order valence-corrected chi connectivity index (χ0v) is 25.2. The van der Waals surface area contributed by atoms with Crippen molar-refractivity contribution in [2.45, 2.75) is 92.4 Å². The molecule has 4 aliphatic rings. The van der Waals surface area contributed by atoms with Crippen LogP contribution < -0.4 is 0 Å². The molecule has 0 aromatic rings. The number of Topliss-reactive ketones (excluding diaryl/α,β-unsaturated/α-hetero) is 1. The van der Waals surface area contributed by atoms with Crippen molar-refractivity contribution < 1.29 is 28.7 Å². The molecule has 0 aromatic carbocycles. The Morgan fingerprint density at radius 2 is 1.73 bits per heavy atom. The number of nitriles is 1. The molecule has 0 aliphatic heterocycles. The minimum absolute atomic E-state index is 0.00706. The Bertz CT molecular complexity index is 1120. The van der Waals surface area contributed by atoms with Crippen LogP contribution in [0.3, 0.4) is 0 Å². The number of carbonyl (C=O) groups is 4. The summed E-state index contributed by atoms with van der Waals surface area (Å²) < 4.78 is 10.3. The van der Waals surface area contributed by atoms with Gasteiger partial charge in [-0.3, -0.25) is 19.2 Å². The van der Waals surface area contributed by atoms with Gasteiger partial charge in [-0.2, -0.15) is 5.26 Å². The van der Waals surface area contributed by atoms with E-state index in [-0.39, 0.29) is 58.8 Å².